The third-order valence-electron chi connectivity index (χ3n) is 2.21. The molecule has 2 N–H and O–H groups in total. The van der Waals surface area contributed by atoms with Crippen LogP contribution in [0.1, 0.15) is 15.2 Å². The number of thiophene rings is 1. The van der Waals surface area contributed by atoms with Crippen molar-refractivity contribution in [1.29, 1.82) is 0 Å². The van der Waals surface area contributed by atoms with E-state index >= 15 is 0 Å². The summed E-state index contributed by atoms with van der Waals surface area (Å²) in [7, 11) is 0. The molecule has 0 aromatic carbocycles. The minimum absolute atomic E-state index is 0.0415. The minimum atomic E-state index is -1.06. The van der Waals surface area contributed by atoms with E-state index in [1.54, 1.807) is 11.4 Å². The quantitative estimate of drug-likeness (QED) is 0.824. The van der Waals surface area contributed by atoms with Gasteiger partial charge in [0, 0.05) is 12.3 Å². The lowest BCUT2D eigenvalue weighted by molar-refractivity contribution is 0.0701. The first-order valence-electron chi connectivity index (χ1n) is 4.68. The highest BCUT2D eigenvalue weighted by atomic mass is 32.1. The standard InChI is InChI=1S/C10H8N2O4S/c13-7-1-3-11-10(16)12(7)5-6-2-4-17-8(6)9(14)15/h1-4H,5H2,(H,11,16)(H,14,15). The van der Waals surface area contributed by atoms with Crippen molar-refractivity contribution >= 4 is 17.3 Å². The van der Waals surface area contributed by atoms with Crippen molar-refractivity contribution in [3.05, 3.63) is 55.0 Å². The van der Waals surface area contributed by atoms with Gasteiger partial charge in [-0.3, -0.25) is 9.36 Å². The second kappa shape index (κ2) is 4.38. The zero-order valence-corrected chi connectivity index (χ0v) is 9.36. The number of carboxylic acids is 1. The Morgan fingerprint density at radius 2 is 2.18 bits per heavy atom. The smallest absolute Gasteiger partial charge is 0.346 e. The van der Waals surface area contributed by atoms with Gasteiger partial charge in [-0.25, -0.2) is 9.59 Å². The molecule has 0 fully saturated rings. The van der Waals surface area contributed by atoms with Crippen LogP contribution in [0.2, 0.25) is 0 Å². The van der Waals surface area contributed by atoms with Crippen LogP contribution < -0.4 is 11.2 Å². The number of hydrogen-bond donors (Lipinski definition) is 2. The molecule has 17 heavy (non-hydrogen) atoms. The predicted octanol–water partition coefficient (Wildman–Crippen LogP) is 0.345. The SMILES string of the molecule is O=C(O)c1sccc1Cn1c(=O)cc[nH]c1=O. The Balaban J connectivity index is 2.45. The van der Waals surface area contributed by atoms with Crippen LogP contribution in [0.3, 0.4) is 0 Å². The zero-order chi connectivity index (χ0) is 12.4. The highest BCUT2D eigenvalue weighted by molar-refractivity contribution is 7.12. The molecule has 0 unspecified atom stereocenters. The zero-order valence-electron chi connectivity index (χ0n) is 8.54. The number of hydrogen-bond acceptors (Lipinski definition) is 4. The van der Waals surface area contributed by atoms with E-state index in [4.69, 9.17) is 5.11 Å². The highest BCUT2D eigenvalue weighted by Gasteiger charge is 2.13. The van der Waals surface area contributed by atoms with Crippen molar-refractivity contribution < 1.29 is 9.90 Å². The Morgan fingerprint density at radius 1 is 1.41 bits per heavy atom. The number of carboxylic acid groups (broad SMARTS) is 1. The van der Waals surface area contributed by atoms with Gasteiger partial charge in [0.1, 0.15) is 4.88 Å². The van der Waals surface area contributed by atoms with Crippen molar-refractivity contribution in [3.8, 4) is 0 Å². The molecule has 0 bridgehead atoms. The Hall–Kier alpha value is -2.15. The van der Waals surface area contributed by atoms with Crippen LogP contribution in [0.15, 0.2) is 33.3 Å². The molecule has 2 aromatic heterocycles. The Morgan fingerprint density at radius 3 is 2.82 bits per heavy atom. The molecule has 0 radical (unpaired) electrons. The average molecular weight is 252 g/mol. The Kier molecular flexibility index (Phi) is 2.92. The summed E-state index contributed by atoms with van der Waals surface area (Å²) in [6, 6.07) is 2.81. The van der Waals surface area contributed by atoms with Gasteiger partial charge in [-0.2, -0.15) is 0 Å². The molecule has 2 aromatic rings. The van der Waals surface area contributed by atoms with Crippen LogP contribution in [-0.4, -0.2) is 20.6 Å². The summed E-state index contributed by atoms with van der Waals surface area (Å²) in [6.45, 7) is -0.0415. The molecule has 0 saturated carbocycles. The first kappa shape index (κ1) is 11.3. The lowest BCUT2D eigenvalue weighted by Gasteiger charge is -2.02. The topological polar surface area (TPSA) is 92.2 Å². The molecular weight excluding hydrogens is 244 g/mol. The summed E-state index contributed by atoms with van der Waals surface area (Å²) >= 11 is 1.06. The minimum Gasteiger partial charge on any atom is -0.477 e. The average Bonchev–Trinajstić information content (AvgIpc) is 2.72. The van der Waals surface area contributed by atoms with E-state index in [9.17, 15) is 14.4 Å². The molecule has 2 heterocycles. The van der Waals surface area contributed by atoms with Crippen LogP contribution in [-0.2, 0) is 6.54 Å². The van der Waals surface area contributed by atoms with E-state index in [2.05, 4.69) is 4.98 Å². The van der Waals surface area contributed by atoms with Crippen LogP contribution in [0.4, 0.5) is 0 Å². The first-order chi connectivity index (χ1) is 8.09. The van der Waals surface area contributed by atoms with Gasteiger partial charge in [-0.05, 0) is 17.0 Å². The Labute approximate surface area is 98.8 Å². The van der Waals surface area contributed by atoms with Gasteiger partial charge < -0.3 is 10.1 Å². The molecular formula is C10H8N2O4S. The van der Waals surface area contributed by atoms with E-state index < -0.39 is 17.2 Å². The molecule has 0 saturated heterocycles. The van der Waals surface area contributed by atoms with E-state index in [0.717, 1.165) is 15.9 Å². The van der Waals surface area contributed by atoms with Gasteiger partial charge in [0.05, 0.1) is 6.54 Å². The van der Waals surface area contributed by atoms with Crippen LogP contribution in [0.25, 0.3) is 0 Å². The Bertz CT molecular complexity index is 639. The number of aromatic amines is 1. The molecule has 7 heteroatoms. The largest absolute Gasteiger partial charge is 0.477 e. The van der Waals surface area contributed by atoms with Crippen molar-refractivity contribution in [3.63, 3.8) is 0 Å². The summed E-state index contributed by atoms with van der Waals surface area (Å²) in [5.74, 6) is -1.06. The lowest BCUT2D eigenvalue weighted by Crippen LogP contribution is -2.34. The molecule has 0 atom stereocenters. The fourth-order valence-electron chi connectivity index (χ4n) is 1.42. The van der Waals surface area contributed by atoms with Gasteiger partial charge in [0.15, 0.2) is 0 Å². The molecule has 88 valence electrons. The van der Waals surface area contributed by atoms with Gasteiger partial charge in [-0.1, -0.05) is 0 Å². The lowest BCUT2D eigenvalue weighted by atomic mass is 10.2. The maximum absolute atomic E-state index is 11.4. The van der Waals surface area contributed by atoms with Crippen molar-refractivity contribution in [2.45, 2.75) is 6.54 Å². The summed E-state index contributed by atoms with van der Waals surface area (Å²) in [6.07, 6.45) is 1.26. The number of aromatic nitrogens is 2. The number of nitrogens with one attached hydrogen (secondary N) is 1. The normalized spacial score (nSPS) is 10.4. The third kappa shape index (κ3) is 2.18. The third-order valence-corrected chi connectivity index (χ3v) is 3.16. The summed E-state index contributed by atoms with van der Waals surface area (Å²) in [5, 5.41) is 10.5. The van der Waals surface area contributed by atoms with Gasteiger partial charge in [-0.15, -0.1) is 11.3 Å². The fraction of sp³-hybridized carbons (Fsp3) is 0.100. The van der Waals surface area contributed by atoms with E-state index in [-0.39, 0.29) is 11.4 Å². The van der Waals surface area contributed by atoms with E-state index in [0.29, 0.717) is 5.56 Å². The first-order valence-corrected chi connectivity index (χ1v) is 5.56. The summed E-state index contributed by atoms with van der Waals surface area (Å²) in [5.41, 5.74) is -0.572. The van der Waals surface area contributed by atoms with Crippen LogP contribution >= 0.6 is 11.3 Å². The number of rotatable bonds is 3. The van der Waals surface area contributed by atoms with E-state index in [1.165, 1.54) is 12.3 Å². The summed E-state index contributed by atoms with van der Waals surface area (Å²) < 4.78 is 0.953. The molecule has 0 aliphatic rings. The van der Waals surface area contributed by atoms with Crippen molar-refractivity contribution in [1.82, 2.24) is 9.55 Å². The highest BCUT2D eigenvalue weighted by Crippen LogP contribution is 2.16. The maximum Gasteiger partial charge on any atom is 0.346 e. The molecule has 2 rings (SSSR count). The van der Waals surface area contributed by atoms with Gasteiger partial charge in [0.2, 0.25) is 0 Å². The number of H-pyrrole nitrogens is 1. The van der Waals surface area contributed by atoms with Gasteiger partial charge >= 0.3 is 11.7 Å². The van der Waals surface area contributed by atoms with Crippen LogP contribution in [0.5, 0.6) is 0 Å². The number of nitrogens with zero attached hydrogens (tertiary/aromatic N) is 1. The molecule has 6 nitrogen and oxygen atoms in total. The van der Waals surface area contributed by atoms with Crippen LogP contribution in [0, 0.1) is 0 Å². The molecule has 0 aliphatic carbocycles. The van der Waals surface area contributed by atoms with Crippen molar-refractivity contribution in [2.75, 3.05) is 0 Å². The van der Waals surface area contributed by atoms with Gasteiger partial charge in [0.25, 0.3) is 5.56 Å². The second-order valence-electron chi connectivity index (χ2n) is 3.29. The maximum atomic E-state index is 11.4. The molecule has 0 spiro atoms. The molecule has 0 aliphatic heterocycles. The van der Waals surface area contributed by atoms with Crippen molar-refractivity contribution in [2.24, 2.45) is 0 Å². The fourth-order valence-corrected chi connectivity index (χ4v) is 2.17. The predicted molar refractivity (Wildman–Crippen MR) is 61.7 cm³/mol. The second-order valence-corrected chi connectivity index (χ2v) is 4.20. The summed E-state index contributed by atoms with van der Waals surface area (Å²) in [4.78, 5) is 36.2. The monoisotopic (exact) mass is 252 g/mol. The number of carbonyl (C=O) groups is 1. The number of aromatic carboxylic acids is 1. The van der Waals surface area contributed by atoms with E-state index in [1.807, 2.05) is 0 Å². The molecule has 0 amide bonds.